The van der Waals surface area contributed by atoms with Crippen LogP contribution in [0, 0.1) is 0 Å². The Kier molecular flexibility index (Phi) is 11.2. The van der Waals surface area contributed by atoms with E-state index in [1.807, 2.05) is 50.2 Å². The van der Waals surface area contributed by atoms with Gasteiger partial charge in [0.05, 0.1) is 26.2 Å². The van der Waals surface area contributed by atoms with E-state index in [1.165, 1.54) is 12.0 Å². The summed E-state index contributed by atoms with van der Waals surface area (Å²) in [7, 11) is -0.838. The molecule has 3 rings (SSSR count). The van der Waals surface area contributed by atoms with Crippen molar-refractivity contribution >= 4 is 27.5 Å². The number of sulfonamides is 1. The topological polar surface area (TPSA) is 105 Å². The Morgan fingerprint density at radius 1 is 0.878 bits per heavy atom. The van der Waals surface area contributed by atoms with E-state index in [0.29, 0.717) is 17.9 Å². The lowest BCUT2D eigenvalue weighted by Crippen LogP contribution is -2.54. The van der Waals surface area contributed by atoms with Gasteiger partial charge in [-0.2, -0.15) is 0 Å². The lowest BCUT2D eigenvalue weighted by molar-refractivity contribution is -0.140. The van der Waals surface area contributed by atoms with E-state index in [4.69, 9.17) is 9.47 Å². The van der Waals surface area contributed by atoms with E-state index < -0.39 is 28.5 Å². The number of nitrogens with one attached hydrogen (secondary N) is 1. The Labute approximate surface area is 243 Å². The molecule has 41 heavy (non-hydrogen) atoms. The van der Waals surface area contributed by atoms with Crippen LogP contribution in [-0.4, -0.2) is 64.2 Å². The van der Waals surface area contributed by atoms with Crippen molar-refractivity contribution in [1.82, 2.24) is 10.2 Å². The second-order valence-corrected chi connectivity index (χ2v) is 11.8. The molecular formula is C31H39N3O6S. The van der Waals surface area contributed by atoms with E-state index in [0.717, 1.165) is 21.7 Å². The Morgan fingerprint density at radius 3 is 2.10 bits per heavy atom. The van der Waals surface area contributed by atoms with Gasteiger partial charge in [0.15, 0.2) is 0 Å². The van der Waals surface area contributed by atoms with Gasteiger partial charge in [0, 0.05) is 25.1 Å². The van der Waals surface area contributed by atoms with Crippen LogP contribution < -0.4 is 19.1 Å². The number of methoxy groups -OCH3 is 2. The lowest BCUT2D eigenvalue weighted by Gasteiger charge is -2.34. The van der Waals surface area contributed by atoms with Crippen LogP contribution in [0.25, 0.3) is 0 Å². The van der Waals surface area contributed by atoms with Gasteiger partial charge in [0.25, 0.3) is 0 Å². The van der Waals surface area contributed by atoms with Gasteiger partial charge in [-0.05, 0) is 48.7 Å². The number of amides is 2. The van der Waals surface area contributed by atoms with E-state index in [1.54, 1.807) is 49.6 Å². The predicted octanol–water partition coefficient (Wildman–Crippen LogP) is 4.02. The molecule has 0 aliphatic carbocycles. The van der Waals surface area contributed by atoms with Crippen LogP contribution in [0.1, 0.15) is 31.4 Å². The predicted molar refractivity (Wildman–Crippen MR) is 161 cm³/mol. The first-order valence-corrected chi connectivity index (χ1v) is 15.3. The average Bonchev–Trinajstić information content (AvgIpc) is 2.97. The van der Waals surface area contributed by atoms with Gasteiger partial charge in [-0.3, -0.25) is 13.9 Å². The Morgan fingerprint density at radius 2 is 1.49 bits per heavy atom. The molecule has 0 saturated carbocycles. The molecule has 0 heterocycles. The first-order chi connectivity index (χ1) is 19.5. The van der Waals surface area contributed by atoms with Crippen molar-refractivity contribution in [1.29, 1.82) is 0 Å². The number of carbonyl (C=O) groups excluding carboxylic acids is 2. The highest BCUT2D eigenvalue weighted by molar-refractivity contribution is 7.92. The highest BCUT2D eigenvalue weighted by Gasteiger charge is 2.33. The highest BCUT2D eigenvalue weighted by Crippen LogP contribution is 2.25. The third kappa shape index (κ3) is 8.97. The van der Waals surface area contributed by atoms with Crippen LogP contribution >= 0.6 is 0 Å². The zero-order chi connectivity index (χ0) is 30.0. The first kappa shape index (κ1) is 31.5. The minimum atomic E-state index is -3.87. The number of hydrogen-bond donors (Lipinski definition) is 1. The summed E-state index contributed by atoms with van der Waals surface area (Å²) in [6.45, 7) is 3.43. The highest BCUT2D eigenvalue weighted by atomic mass is 32.2. The van der Waals surface area contributed by atoms with Crippen LogP contribution in [0.5, 0.6) is 11.5 Å². The molecule has 0 saturated heterocycles. The van der Waals surface area contributed by atoms with E-state index in [2.05, 4.69) is 5.32 Å². The second-order valence-electron chi connectivity index (χ2n) is 9.87. The quantitative estimate of drug-likeness (QED) is 0.308. The Balaban J connectivity index is 2.08. The standard InChI is InChI=1S/C31H39N3O6S/c1-6-23(2)32-31(36)29(19-24-12-8-7-9-13-24)33(21-25-14-10-16-27(18-25)39-3)30(35)22-34(41(5,37)38)26-15-11-17-28(20-26)40-4/h7-18,20,23,29H,6,19,21-22H2,1-5H3,(H,32,36)/t23-,29+/m1/s1. The second kappa shape index (κ2) is 14.5. The minimum absolute atomic E-state index is 0.0666. The molecule has 10 heteroatoms. The first-order valence-electron chi connectivity index (χ1n) is 13.4. The maximum atomic E-state index is 14.2. The summed E-state index contributed by atoms with van der Waals surface area (Å²) in [6.07, 6.45) is 2.01. The molecule has 0 fully saturated rings. The van der Waals surface area contributed by atoms with Crippen LogP contribution in [-0.2, 0) is 32.6 Å². The molecule has 1 N–H and O–H groups in total. The number of carbonyl (C=O) groups is 2. The molecule has 220 valence electrons. The number of nitrogens with zero attached hydrogens (tertiary/aromatic N) is 2. The fourth-order valence-electron chi connectivity index (χ4n) is 4.34. The maximum Gasteiger partial charge on any atom is 0.244 e. The Hall–Kier alpha value is -4.05. The van der Waals surface area contributed by atoms with E-state index in [-0.39, 0.29) is 30.6 Å². The lowest BCUT2D eigenvalue weighted by atomic mass is 10.0. The van der Waals surface area contributed by atoms with Gasteiger partial charge in [-0.25, -0.2) is 8.42 Å². The van der Waals surface area contributed by atoms with Gasteiger partial charge in [-0.1, -0.05) is 55.5 Å². The number of hydrogen-bond acceptors (Lipinski definition) is 6. The average molecular weight is 582 g/mol. The SMILES string of the molecule is CC[C@@H](C)NC(=O)[C@H](Cc1ccccc1)N(Cc1cccc(OC)c1)C(=O)CN(c1cccc(OC)c1)S(C)(=O)=O. The summed E-state index contributed by atoms with van der Waals surface area (Å²) in [5.74, 6) is 0.215. The van der Waals surface area contributed by atoms with Crippen molar-refractivity contribution in [3.05, 3.63) is 90.0 Å². The summed E-state index contributed by atoms with van der Waals surface area (Å²) in [6, 6.07) is 22.1. The number of anilines is 1. The third-order valence-corrected chi connectivity index (χ3v) is 7.92. The molecule has 2 atom stereocenters. The zero-order valence-corrected chi connectivity index (χ0v) is 25.1. The summed E-state index contributed by atoms with van der Waals surface area (Å²) in [5.41, 5.74) is 1.89. The molecule has 9 nitrogen and oxygen atoms in total. The molecular weight excluding hydrogens is 542 g/mol. The van der Waals surface area contributed by atoms with Gasteiger partial charge in [0.2, 0.25) is 21.8 Å². The molecule has 0 aliphatic rings. The summed E-state index contributed by atoms with van der Waals surface area (Å²) in [5, 5.41) is 3.02. The molecule has 0 aliphatic heterocycles. The summed E-state index contributed by atoms with van der Waals surface area (Å²) >= 11 is 0. The molecule has 0 bridgehead atoms. The van der Waals surface area contributed by atoms with Crippen LogP contribution in [0.3, 0.4) is 0 Å². The fraction of sp³-hybridized carbons (Fsp3) is 0.355. The van der Waals surface area contributed by atoms with Crippen molar-refractivity contribution in [3.63, 3.8) is 0 Å². The van der Waals surface area contributed by atoms with Crippen LogP contribution in [0.2, 0.25) is 0 Å². The Bertz CT molecular complexity index is 1410. The van der Waals surface area contributed by atoms with Crippen molar-refractivity contribution in [2.45, 2.75) is 45.3 Å². The monoisotopic (exact) mass is 581 g/mol. The molecule has 0 unspecified atom stereocenters. The van der Waals surface area contributed by atoms with Gasteiger partial charge >= 0.3 is 0 Å². The largest absolute Gasteiger partial charge is 0.497 e. The van der Waals surface area contributed by atoms with Crippen molar-refractivity contribution in [2.24, 2.45) is 0 Å². The molecule has 0 aromatic heterocycles. The molecule has 3 aromatic carbocycles. The molecule has 2 amide bonds. The third-order valence-electron chi connectivity index (χ3n) is 6.78. The van der Waals surface area contributed by atoms with Crippen LogP contribution in [0.15, 0.2) is 78.9 Å². The number of rotatable bonds is 14. The number of ether oxygens (including phenoxy) is 2. The smallest absolute Gasteiger partial charge is 0.244 e. The van der Waals surface area contributed by atoms with Crippen molar-refractivity contribution in [2.75, 3.05) is 31.3 Å². The van der Waals surface area contributed by atoms with Crippen molar-refractivity contribution in [3.8, 4) is 11.5 Å². The maximum absolute atomic E-state index is 14.2. The molecule has 0 spiro atoms. The molecule has 0 radical (unpaired) electrons. The zero-order valence-electron chi connectivity index (χ0n) is 24.2. The van der Waals surface area contributed by atoms with E-state index >= 15 is 0 Å². The minimum Gasteiger partial charge on any atom is -0.497 e. The van der Waals surface area contributed by atoms with Gasteiger partial charge in [0.1, 0.15) is 24.1 Å². The fourth-order valence-corrected chi connectivity index (χ4v) is 5.18. The van der Waals surface area contributed by atoms with E-state index in [9.17, 15) is 18.0 Å². The normalized spacial score (nSPS) is 12.6. The van der Waals surface area contributed by atoms with Crippen molar-refractivity contribution < 1.29 is 27.5 Å². The van der Waals surface area contributed by atoms with Crippen LogP contribution in [0.4, 0.5) is 5.69 Å². The molecule has 3 aromatic rings. The van der Waals surface area contributed by atoms with Gasteiger partial charge < -0.3 is 19.7 Å². The van der Waals surface area contributed by atoms with Gasteiger partial charge in [-0.15, -0.1) is 0 Å². The number of benzene rings is 3. The summed E-state index contributed by atoms with van der Waals surface area (Å²) in [4.78, 5) is 29.3. The summed E-state index contributed by atoms with van der Waals surface area (Å²) < 4.78 is 37.5.